The molecule has 0 spiro atoms. The number of anilines is 1. The molecule has 9 heteroatoms. The number of hydrogen-bond acceptors (Lipinski definition) is 5. The van der Waals surface area contributed by atoms with Crippen LogP contribution in [-0.2, 0) is 14.4 Å². The van der Waals surface area contributed by atoms with Gasteiger partial charge in [-0.05, 0) is 25.0 Å². The van der Waals surface area contributed by atoms with Crippen LogP contribution in [0.25, 0.3) is 0 Å². The highest BCUT2D eigenvalue weighted by Crippen LogP contribution is 2.38. The third-order valence-corrected chi connectivity index (χ3v) is 4.92. The van der Waals surface area contributed by atoms with Gasteiger partial charge in [0.25, 0.3) is 0 Å². The number of carbonyl (C=O) groups is 3. The van der Waals surface area contributed by atoms with Gasteiger partial charge in [0.1, 0.15) is 0 Å². The molecule has 1 N–H and O–H groups in total. The van der Waals surface area contributed by atoms with Crippen molar-refractivity contribution < 1.29 is 23.7 Å². The van der Waals surface area contributed by atoms with Gasteiger partial charge in [0.2, 0.25) is 23.5 Å². The monoisotopic (exact) mass is 363 g/mol. The third kappa shape index (κ3) is 3.42. The molecular weight excluding hydrogens is 345 g/mol. The molecule has 3 amide bonds. The summed E-state index contributed by atoms with van der Waals surface area (Å²) in [5.74, 6) is -2.47. The van der Waals surface area contributed by atoms with E-state index in [0.29, 0.717) is 12.8 Å². The molecule has 2 atom stereocenters. The van der Waals surface area contributed by atoms with Crippen LogP contribution >= 0.6 is 0 Å². The van der Waals surface area contributed by atoms with Gasteiger partial charge in [0.05, 0.1) is 16.8 Å². The fourth-order valence-electron chi connectivity index (χ4n) is 3.62. The van der Waals surface area contributed by atoms with Crippen molar-refractivity contribution in [3.05, 3.63) is 34.1 Å². The highest BCUT2D eigenvalue weighted by Gasteiger charge is 2.47. The first-order valence-corrected chi connectivity index (χ1v) is 8.47. The molecular formula is C17H18FN3O5. The van der Waals surface area contributed by atoms with Crippen LogP contribution in [-0.4, -0.2) is 34.1 Å². The van der Waals surface area contributed by atoms with Gasteiger partial charge in [-0.3, -0.25) is 29.4 Å². The second-order valence-corrected chi connectivity index (χ2v) is 6.55. The number of nitro groups is 1. The van der Waals surface area contributed by atoms with E-state index in [1.807, 2.05) is 0 Å². The van der Waals surface area contributed by atoms with Crippen molar-refractivity contribution >= 4 is 29.1 Å². The van der Waals surface area contributed by atoms with Crippen LogP contribution in [0, 0.1) is 27.8 Å². The maximum Gasteiger partial charge on any atom is 0.306 e. The number of hydrogen-bond donors (Lipinski definition) is 1. The summed E-state index contributed by atoms with van der Waals surface area (Å²) in [5, 5.41) is 13.1. The van der Waals surface area contributed by atoms with Gasteiger partial charge >= 0.3 is 5.69 Å². The summed E-state index contributed by atoms with van der Waals surface area (Å²) in [6.45, 7) is -0.0280. The molecule has 2 fully saturated rings. The number of rotatable bonds is 5. The fraction of sp³-hybridized carbons (Fsp3) is 0.471. The van der Waals surface area contributed by atoms with E-state index in [4.69, 9.17) is 0 Å². The van der Waals surface area contributed by atoms with Crippen LogP contribution in [0.2, 0.25) is 0 Å². The summed E-state index contributed by atoms with van der Waals surface area (Å²) >= 11 is 0. The van der Waals surface area contributed by atoms with Crippen LogP contribution in [0.1, 0.15) is 32.1 Å². The Morgan fingerprint density at radius 2 is 1.85 bits per heavy atom. The van der Waals surface area contributed by atoms with Gasteiger partial charge in [0.15, 0.2) is 0 Å². The Balaban J connectivity index is 1.59. The van der Waals surface area contributed by atoms with Gasteiger partial charge in [-0.2, -0.15) is 4.39 Å². The normalized spacial score (nSPS) is 22.3. The molecule has 26 heavy (non-hydrogen) atoms. The Morgan fingerprint density at radius 1 is 1.23 bits per heavy atom. The van der Waals surface area contributed by atoms with Crippen molar-refractivity contribution in [2.45, 2.75) is 32.1 Å². The summed E-state index contributed by atoms with van der Waals surface area (Å²) in [4.78, 5) is 47.7. The van der Waals surface area contributed by atoms with E-state index in [2.05, 4.69) is 5.32 Å². The summed E-state index contributed by atoms with van der Waals surface area (Å²) in [6, 6.07) is 3.03. The first-order chi connectivity index (χ1) is 12.4. The fourth-order valence-corrected chi connectivity index (χ4v) is 3.62. The number of nitro benzene ring substituents is 1. The molecule has 1 saturated heterocycles. The minimum absolute atomic E-state index is 0.0280. The van der Waals surface area contributed by atoms with Crippen molar-refractivity contribution in [3.8, 4) is 0 Å². The van der Waals surface area contributed by atoms with E-state index < -0.39 is 22.3 Å². The lowest BCUT2D eigenvalue weighted by atomic mass is 9.81. The average Bonchev–Trinajstić information content (AvgIpc) is 2.86. The number of fused-ring (bicyclic) bond motifs is 1. The Bertz CT molecular complexity index is 758. The number of nitrogens with one attached hydrogen (secondary N) is 1. The number of likely N-dealkylation sites (tertiary alicyclic amines) is 1. The highest BCUT2D eigenvalue weighted by atomic mass is 19.1. The number of halogens is 1. The lowest BCUT2D eigenvalue weighted by Gasteiger charge is -2.19. The Labute approximate surface area is 148 Å². The van der Waals surface area contributed by atoms with Gasteiger partial charge in [0, 0.05) is 24.7 Å². The van der Waals surface area contributed by atoms with Crippen molar-refractivity contribution in [2.24, 2.45) is 11.8 Å². The summed E-state index contributed by atoms with van der Waals surface area (Å²) in [5.41, 5.74) is -0.660. The maximum absolute atomic E-state index is 13.3. The molecule has 1 saturated carbocycles. The molecule has 0 radical (unpaired) electrons. The number of imide groups is 1. The van der Waals surface area contributed by atoms with E-state index in [-0.39, 0.29) is 42.3 Å². The van der Waals surface area contributed by atoms with Gasteiger partial charge in [-0.15, -0.1) is 0 Å². The minimum atomic E-state index is -0.996. The minimum Gasteiger partial charge on any atom is -0.326 e. The van der Waals surface area contributed by atoms with E-state index in [1.54, 1.807) is 0 Å². The van der Waals surface area contributed by atoms with Crippen molar-refractivity contribution in [1.82, 2.24) is 4.90 Å². The van der Waals surface area contributed by atoms with Gasteiger partial charge in [-0.25, -0.2) is 0 Å². The third-order valence-electron chi connectivity index (χ3n) is 4.92. The first-order valence-electron chi connectivity index (χ1n) is 8.47. The van der Waals surface area contributed by atoms with Crippen LogP contribution in [0.5, 0.6) is 0 Å². The van der Waals surface area contributed by atoms with Crippen LogP contribution in [0.15, 0.2) is 18.2 Å². The number of carbonyl (C=O) groups excluding carboxylic acids is 3. The molecule has 3 rings (SSSR count). The predicted molar refractivity (Wildman–Crippen MR) is 88.5 cm³/mol. The zero-order valence-electron chi connectivity index (χ0n) is 13.9. The van der Waals surface area contributed by atoms with Crippen molar-refractivity contribution in [3.63, 3.8) is 0 Å². The number of benzene rings is 1. The maximum atomic E-state index is 13.3. The van der Waals surface area contributed by atoms with Crippen molar-refractivity contribution in [2.75, 3.05) is 11.9 Å². The topological polar surface area (TPSA) is 110 Å². The van der Waals surface area contributed by atoms with E-state index >= 15 is 0 Å². The molecule has 0 bridgehead atoms. The van der Waals surface area contributed by atoms with Gasteiger partial charge < -0.3 is 5.32 Å². The number of nitrogens with zero attached hydrogens (tertiary/aromatic N) is 2. The zero-order valence-corrected chi connectivity index (χ0v) is 13.9. The highest BCUT2D eigenvalue weighted by molar-refractivity contribution is 6.05. The van der Waals surface area contributed by atoms with Crippen LogP contribution in [0.4, 0.5) is 15.8 Å². The van der Waals surface area contributed by atoms with Crippen LogP contribution in [0.3, 0.4) is 0 Å². The molecule has 138 valence electrons. The van der Waals surface area contributed by atoms with Gasteiger partial charge in [-0.1, -0.05) is 12.8 Å². The molecule has 8 nitrogen and oxygen atoms in total. The number of amides is 3. The average molecular weight is 363 g/mol. The quantitative estimate of drug-likeness (QED) is 0.490. The predicted octanol–water partition coefficient (Wildman–Crippen LogP) is 2.24. The van der Waals surface area contributed by atoms with Crippen molar-refractivity contribution in [1.29, 1.82) is 0 Å². The smallest absolute Gasteiger partial charge is 0.306 e. The first kappa shape index (κ1) is 18.0. The summed E-state index contributed by atoms with van der Waals surface area (Å²) in [6.07, 6.45) is 3.15. The standard InChI is InChI=1S/C17H18FN3O5/c18-13-6-5-10(9-14(13)21(25)26)19-15(22)7-8-20-16(23)11-3-1-2-4-12(11)17(20)24/h5-6,9,11-12H,1-4,7-8H2,(H,19,22)/t11-,12-/m1/s1. The second kappa shape index (κ2) is 7.19. The molecule has 1 aromatic rings. The summed E-state index contributed by atoms with van der Waals surface area (Å²) in [7, 11) is 0. The molecule has 1 aliphatic heterocycles. The van der Waals surface area contributed by atoms with E-state index in [1.165, 1.54) is 6.07 Å². The van der Waals surface area contributed by atoms with E-state index in [0.717, 1.165) is 29.9 Å². The molecule has 0 aromatic heterocycles. The molecule has 1 aliphatic carbocycles. The van der Waals surface area contributed by atoms with Crippen LogP contribution < -0.4 is 5.32 Å². The molecule has 2 aliphatic rings. The Kier molecular flexibility index (Phi) is 4.97. The van der Waals surface area contributed by atoms with E-state index in [9.17, 15) is 28.9 Å². The molecule has 1 aromatic carbocycles. The lowest BCUT2D eigenvalue weighted by molar-refractivity contribution is -0.387. The largest absolute Gasteiger partial charge is 0.326 e. The summed E-state index contributed by atoms with van der Waals surface area (Å²) < 4.78 is 13.3. The SMILES string of the molecule is O=C(CCN1C(=O)[C@@H]2CCCC[C@H]2C1=O)Nc1ccc(F)c([N+](=O)[O-])c1. The Hall–Kier alpha value is -2.84. The zero-order chi connectivity index (χ0) is 18.8. The molecule has 1 heterocycles. The second-order valence-electron chi connectivity index (χ2n) is 6.55. The molecule has 0 unspecified atom stereocenters. The Morgan fingerprint density at radius 3 is 2.42 bits per heavy atom. The lowest BCUT2D eigenvalue weighted by Crippen LogP contribution is -2.34.